The lowest BCUT2D eigenvalue weighted by Gasteiger charge is -2.09. The van der Waals surface area contributed by atoms with Crippen molar-refractivity contribution in [1.29, 1.82) is 0 Å². The van der Waals surface area contributed by atoms with Crippen molar-refractivity contribution in [2.24, 2.45) is 5.10 Å². The fraction of sp³-hybridized carbons (Fsp3) is 0.211. The second-order valence-electron chi connectivity index (χ2n) is 5.32. The van der Waals surface area contributed by atoms with E-state index in [2.05, 4.69) is 15.8 Å². The Morgan fingerprint density at radius 1 is 1.00 bits per heavy atom. The van der Waals surface area contributed by atoms with E-state index in [0.29, 0.717) is 28.4 Å². The Hall–Kier alpha value is -3.55. The number of ether oxygens (including phenoxy) is 3. The minimum absolute atomic E-state index is 0.235. The van der Waals surface area contributed by atoms with Gasteiger partial charge in [0, 0.05) is 17.2 Å². The van der Waals surface area contributed by atoms with Crippen LogP contribution in [-0.2, 0) is 4.79 Å². The zero-order chi connectivity index (χ0) is 19.6. The molecule has 2 aromatic rings. The molecule has 0 fully saturated rings. The van der Waals surface area contributed by atoms with Gasteiger partial charge in [-0.15, -0.1) is 0 Å². The van der Waals surface area contributed by atoms with Crippen LogP contribution in [0.4, 0.5) is 0 Å². The fourth-order valence-electron chi connectivity index (χ4n) is 2.19. The SMILES string of the molecule is COc1cc(OC)cc(C(=O)NCC(=O)N/N=C/c2ccccc2OC)c1. The highest BCUT2D eigenvalue weighted by atomic mass is 16.5. The standard InChI is InChI=1S/C19H21N3O5/c1-25-15-8-14(9-16(10-15)26-2)19(24)20-12-18(23)22-21-11-13-6-4-5-7-17(13)27-3/h4-11H,12H2,1-3H3,(H,20,24)(H,22,23)/b21-11+. The van der Waals surface area contributed by atoms with Gasteiger partial charge in [-0.1, -0.05) is 12.1 Å². The molecule has 0 bridgehead atoms. The van der Waals surface area contributed by atoms with Gasteiger partial charge in [-0.3, -0.25) is 9.59 Å². The maximum Gasteiger partial charge on any atom is 0.259 e. The van der Waals surface area contributed by atoms with Crippen molar-refractivity contribution in [2.75, 3.05) is 27.9 Å². The zero-order valence-corrected chi connectivity index (χ0v) is 15.3. The largest absolute Gasteiger partial charge is 0.497 e. The second-order valence-corrected chi connectivity index (χ2v) is 5.32. The van der Waals surface area contributed by atoms with E-state index < -0.39 is 11.8 Å². The van der Waals surface area contributed by atoms with Gasteiger partial charge in [0.2, 0.25) is 0 Å². The van der Waals surface area contributed by atoms with Crippen molar-refractivity contribution in [3.63, 3.8) is 0 Å². The van der Waals surface area contributed by atoms with Crippen molar-refractivity contribution in [1.82, 2.24) is 10.7 Å². The van der Waals surface area contributed by atoms with Crippen LogP contribution in [0, 0.1) is 0 Å². The van der Waals surface area contributed by atoms with Crippen LogP contribution in [0.3, 0.4) is 0 Å². The molecule has 2 rings (SSSR count). The average molecular weight is 371 g/mol. The molecule has 142 valence electrons. The van der Waals surface area contributed by atoms with Crippen LogP contribution in [0.15, 0.2) is 47.6 Å². The summed E-state index contributed by atoms with van der Waals surface area (Å²) in [6.07, 6.45) is 1.46. The van der Waals surface area contributed by atoms with Gasteiger partial charge >= 0.3 is 0 Å². The smallest absolute Gasteiger partial charge is 0.259 e. The van der Waals surface area contributed by atoms with Crippen LogP contribution in [0.1, 0.15) is 15.9 Å². The number of rotatable bonds is 8. The molecule has 8 nitrogen and oxygen atoms in total. The Balaban J connectivity index is 1.90. The Labute approximate surface area is 157 Å². The third-order valence-corrected chi connectivity index (χ3v) is 3.55. The predicted molar refractivity (Wildman–Crippen MR) is 101 cm³/mol. The molecule has 0 unspecified atom stereocenters. The first-order valence-corrected chi connectivity index (χ1v) is 8.03. The fourth-order valence-corrected chi connectivity index (χ4v) is 2.19. The van der Waals surface area contributed by atoms with Crippen LogP contribution in [0.25, 0.3) is 0 Å². The van der Waals surface area contributed by atoms with Crippen molar-refractivity contribution in [3.05, 3.63) is 53.6 Å². The van der Waals surface area contributed by atoms with Gasteiger partial charge < -0.3 is 19.5 Å². The molecule has 0 atom stereocenters. The van der Waals surface area contributed by atoms with Crippen LogP contribution >= 0.6 is 0 Å². The van der Waals surface area contributed by atoms with Gasteiger partial charge in [0.15, 0.2) is 0 Å². The first kappa shape index (κ1) is 19.8. The predicted octanol–water partition coefficient (Wildman–Crippen LogP) is 1.59. The number of amides is 2. The number of benzene rings is 2. The number of carbonyl (C=O) groups excluding carboxylic acids is 2. The molecule has 0 aromatic heterocycles. The highest BCUT2D eigenvalue weighted by Gasteiger charge is 2.11. The van der Waals surface area contributed by atoms with Crippen LogP contribution in [-0.4, -0.2) is 45.9 Å². The Bertz CT molecular complexity index is 814. The summed E-state index contributed by atoms with van der Waals surface area (Å²) in [5, 5.41) is 6.37. The van der Waals surface area contributed by atoms with E-state index in [4.69, 9.17) is 14.2 Å². The number of nitrogens with zero attached hydrogens (tertiary/aromatic N) is 1. The highest BCUT2D eigenvalue weighted by Crippen LogP contribution is 2.22. The third kappa shape index (κ3) is 5.74. The quantitative estimate of drug-likeness (QED) is 0.542. The Morgan fingerprint density at radius 3 is 2.30 bits per heavy atom. The summed E-state index contributed by atoms with van der Waals surface area (Å²) >= 11 is 0. The summed E-state index contributed by atoms with van der Waals surface area (Å²) < 4.78 is 15.4. The third-order valence-electron chi connectivity index (χ3n) is 3.55. The highest BCUT2D eigenvalue weighted by molar-refractivity contribution is 5.97. The molecule has 0 saturated carbocycles. The molecular formula is C19H21N3O5. The monoisotopic (exact) mass is 371 g/mol. The summed E-state index contributed by atoms with van der Waals surface area (Å²) in [6.45, 7) is -0.235. The minimum atomic E-state index is -0.468. The van der Waals surface area contributed by atoms with Crippen molar-refractivity contribution in [3.8, 4) is 17.2 Å². The number of hydrogen-bond donors (Lipinski definition) is 2. The summed E-state index contributed by atoms with van der Waals surface area (Å²) in [5.74, 6) is 0.687. The van der Waals surface area contributed by atoms with Gasteiger partial charge in [0.25, 0.3) is 11.8 Å². The second kappa shape index (κ2) is 9.81. The van der Waals surface area contributed by atoms with E-state index in [1.807, 2.05) is 12.1 Å². The maximum atomic E-state index is 12.2. The first-order chi connectivity index (χ1) is 13.1. The first-order valence-electron chi connectivity index (χ1n) is 8.03. The molecule has 0 heterocycles. The normalized spacial score (nSPS) is 10.3. The number of nitrogens with one attached hydrogen (secondary N) is 2. The number of hydrazone groups is 1. The Morgan fingerprint density at radius 2 is 1.67 bits per heavy atom. The number of hydrogen-bond acceptors (Lipinski definition) is 6. The van der Waals surface area contributed by atoms with Gasteiger partial charge in [-0.25, -0.2) is 5.43 Å². The van der Waals surface area contributed by atoms with Crippen molar-refractivity contribution in [2.45, 2.75) is 0 Å². The van der Waals surface area contributed by atoms with Crippen LogP contribution in [0.5, 0.6) is 17.2 Å². The van der Waals surface area contributed by atoms with E-state index in [0.717, 1.165) is 0 Å². The molecule has 0 radical (unpaired) electrons. The molecule has 0 spiro atoms. The van der Waals surface area contributed by atoms with Crippen molar-refractivity contribution >= 4 is 18.0 Å². The number of methoxy groups -OCH3 is 3. The van der Waals surface area contributed by atoms with Crippen LogP contribution < -0.4 is 25.0 Å². The average Bonchev–Trinajstić information content (AvgIpc) is 2.71. The van der Waals surface area contributed by atoms with E-state index in [9.17, 15) is 9.59 Å². The molecule has 2 aromatic carbocycles. The van der Waals surface area contributed by atoms with Gasteiger partial charge in [0.1, 0.15) is 17.2 Å². The molecular weight excluding hydrogens is 350 g/mol. The van der Waals surface area contributed by atoms with Gasteiger partial charge in [0.05, 0.1) is 34.1 Å². The summed E-state index contributed by atoms with van der Waals surface area (Å²) in [6, 6.07) is 12.0. The number of para-hydroxylation sites is 1. The number of carbonyl (C=O) groups is 2. The van der Waals surface area contributed by atoms with Gasteiger partial charge in [-0.2, -0.15) is 5.10 Å². The van der Waals surface area contributed by atoms with E-state index in [1.165, 1.54) is 20.4 Å². The molecule has 0 aliphatic heterocycles. The molecule has 0 aliphatic carbocycles. The zero-order valence-electron chi connectivity index (χ0n) is 15.3. The lowest BCUT2D eigenvalue weighted by Crippen LogP contribution is -2.34. The molecule has 2 N–H and O–H groups in total. The summed E-state index contributed by atoms with van der Waals surface area (Å²) in [4.78, 5) is 24.1. The van der Waals surface area contributed by atoms with Crippen molar-refractivity contribution < 1.29 is 23.8 Å². The van der Waals surface area contributed by atoms with E-state index in [-0.39, 0.29) is 6.54 Å². The minimum Gasteiger partial charge on any atom is -0.497 e. The lowest BCUT2D eigenvalue weighted by atomic mass is 10.2. The van der Waals surface area contributed by atoms with Crippen LogP contribution in [0.2, 0.25) is 0 Å². The maximum absolute atomic E-state index is 12.2. The molecule has 0 aliphatic rings. The van der Waals surface area contributed by atoms with E-state index in [1.54, 1.807) is 37.4 Å². The molecule has 8 heteroatoms. The van der Waals surface area contributed by atoms with E-state index >= 15 is 0 Å². The van der Waals surface area contributed by atoms with Gasteiger partial charge in [-0.05, 0) is 24.3 Å². The molecule has 2 amide bonds. The topological polar surface area (TPSA) is 98.2 Å². The molecule has 27 heavy (non-hydrogen) atoms. The summed E-state index contributed by atoms with van der Waals surface area (Å²) in [5.41, 5.74) is 3.38. The lowest BCUT2D eigenvalue weighted by molar-refractivity contribution is -0.120. The molecule has 0 saturated heterocycles. The summed E-state index contributed by atoms with van der Waals surface area (Å²) in [7, 11) is 4.53. The Kier molecular flexibility index (Phi) is 7.18.